The van der Waals surface area contributed by atoms with Crippen molar-refractivity contribution >= 4 is 17.8 Å². The number of carbonyl (C=O) groups excluding carboxylic acids is 3. The molecule has 2 aliphatic rings. The molecule has 10 heteroatoms. The summed E-state index contributed by atoms with van der Waals surface area (Å²) in [5.74, 6) is -0.935. The number of rotatable bonds is 9. The van der Waals surface area contributed by atoms with E-state index in [1.165, 1.54) is 40.2 Å². The smallest absolute Gasteiger partial charge is 0.351 e. The summed E-state index contributed by atoms with van der Waals surface area (Å²) >= 11 is 0. The number of benzene rings is 1. The SMILES string of the molecule is C=CCNC(=O)[C@H](CC(C)C)N1CC2=C(C1=O)[C@H](c1ccccc1C(F)(F)F)NC(=O)N2CC=C. The van der Waals surface area contributed by atoms with Crippen LogP contribution in [0.25, 0.3) is 0 Å². The molecule has 7 nitrogen and oxygen atoms in total. The Labute approximate surface area is 202 Å². The number of halogens is 3. The Hall–Kier alpha value is -3.56. The van der Waals surface area contributed by atoms with Gasteiger partial charge < -0.3 is 15.5 Å². The number of amides is 4. The molecular weight excluding hydrogens is 461 g/mol. The van der Waals surface area contributed by atoms with Gasteiger partial charge in [0.1, 0.15) is 6.04 Å². The molecule has 1 aromatic rings. The number of hydrogen-bond acceptors (Lipinski definition) is 3. The molecule has 2 heterocycles. The average molecular weight is 491 g/mol. The van der Waals surface area contributed by atoms with E-state index in [9.17, 15) is 27.6 Å². The lowest BCUT2D eigenvalue weighted by molar-refractivity contribution is -0.139. The molecule has 3 rings (SSSR count). The number of hydrogen-bond donors (Lipinski definition) is 2. The van der Waals surface area contributed by atoms with Crippen molar-refractivity contribution in [3.8, 4) is 0 Å². The lowest BCUT2D eigenvalue weighted by atomic mass is 9.91. The molecule has 0 fully saturated rings. The van der Waals surface area contributed by atoms with Crippen molar-refractivity contribution in [3.05, 3.63) is 72.0 Å². The van der Waals surface area contributed by atoms with Crippen molar-refractivity contribution in [1.29, 1.82) is 0 Å². The van der Waals surface area contributed by atoms with Crippen molar-refractivity contribution < 1.29 is 27.6 Å². The molecule has 0 spiro atoms. The van der Waals surface area contributed by atoms with Crippen molar-refractivity contribution in [2.45, 2.75) is 38.5 Å². The van der Waals surface area contributed by atoms with Crippen molar-refractivity contribution in [3.63, 3.8) is 0 Å². The molecule has 0 bridgehead atoms. The number of alkyl halides is 3. The predicted octanol–water partition coefficient (Wildman–Crippen LogP) is 3.77. The maximum atomic E-state index is 13.8. The normalized spacial score (nSPS) is 19.0. The Morgan fingerprint density at radius 3 is 2.51 bits per heavy atom. The van der Waals surface area contributed by atoms with Crippen LogP contribution in [0.4, 0.5) is 18.0 Å². The molecule has 4 amide bonds. The van der Waals surface area contributed by atoms with Crippen LogP contribution in [0, 0.1) is 5.92 Å². The van der Waals surface area contributed by atoms with Crippen LogP contribution in [0.3, 0.4) is 0 Å². The highest BCUT2D eigenvalue weighted by atomic mass is 19.4. The maximum absolute atomic E-state index is 13.8. The van der Waals surface area contributed by atoms with Gasteiger partial charge in [-0.15, -0.1) is 13.2 Å². The number of nitrogens with one attached hydrogen (secondary N) is 2. The third-order valence-electron chi connectivity index (χ3n) is 5.93. The molecule has 0 aromatic heterocycles. The second-order valence-electron chi connectivity index (χ2n) is 8.84. The molecule has 35 heavy (non-hydrogen) atoms. The van der Waals surface area contributed by atoms with Gasteiger partial charge in [0.15, 0.2) is 0 Å². The number of urea groups is 1. The topological polar surface area (TPSA) is 81.8 Å². The summed E-state index contributed by atoms with van der Waals surface area (Å²) in [5.41, 5.74) is -0.881. The van der Waals surface area contributed by atoms with E-state index in [4.69, 9.17) is 0 Å². The number of carbonyl (C=O) groups is 3. The van der Waals surface area contributed by atoms with Crippen molar-refractivity contribution in [2.24, 2.45) is 5.92 Å². The highest BCUT2D eigenvalue weighted by Gasteiger charge is 2.48. The summed E-state index contributed by atoms with van der Waals surface area (Å²) in [5, 5.41) is 5.27. The Morgan fingerprint density at radius 2 is 1.91 bits per heavy atom. The Balaban J connectivity index is 2.10. The van der Waals surface area contributed by atoms with E-state index in [1.54, 1.807) is 0 Å². The molecule has 0 unspecified atom stereocenters. The van der Waals surface area contributed by atoms with Crippen LogP contribution in [0.1, 0.15) is 37.4 Å². The molecule has 0 saturated carbocycles. The van der Waals surface area contributed by atoms with E-state index >= 15 is 0 Å². The number of nitrogens with zero attached hydrogens (tertiary/aromatic N) is 2. The summed E-state index contributed by atoms with van der Waals surface area (Å²) in [6.45, 7) is 11.2. The first kappa shape index (κ1) is 26.1. The molecule has 2 aliphatic heterocycles. The monoisotopic (exact) mass is 490 g/mol. The van der Waals surface area contributed by atoms with Gasteiger partial charge in [0.05, 0.1) is 29.4 Å². The Morgan fingerprint density at radius 1 is 1.23 bits per heavy atom. The summed E-state index contributed by atoms with van der Waals surface area (Å²) in [4.78, 5) is 42.2. The van der Waals surface area contributed by atoms with Gasteiger partial charge in [-0.05, 0) is 24.0 Å². The van der Waals surface area contributed by atoms with Crippen LogP contribution in [-0.2, 0) is 15.8 Å². The maximum Gasteiger partial charge on any atom is 0.416 e. The summed E-state index contributed by atoms with van der Waals surface area (Å²) < 4.78 is 41.4. The Bertz CT molecular complexity index is 1060. The standard InChI is InChI=1S/C25H29F3N4O3/c1-5-11-29-22(33)18(13-15(3)4)32-14-19-20(23(32)34)21(30-24(35)31(19)12-6-2)16-9-7-8-10-17(16)25(26,27)28/h5-10,15,18,21H,1-2,11-14H2,3-4H3,(H,29,33)(H,30,35)/t18-,21-/m0/s1. The molecule has 0 aliphatic carbocycles. The fraction of sp³-hybridized carbons (Fsp3) is 0.400. The molecular formula is C25H29F3N4O3. The first-order valence-corrected chi connectivity index (χ1v) is 11.3. The van der Waals surface area contributed by atoms with Crippen LogP contribution in [0.2, 0.25) is 0 Å². The van der Waals surface area contributed by atoms with Gasteiger partial charge in [-0.2, -0.15) is 13.2 Å². The molecule has 2 N–H and O–H groups in total. The van der Waals surface area contributed by atoms with Crippen LogP contribution < -0.4 is 10.6 Å². The molecule has 188 valence electrons. The zero-order valence-corrected chi connectivity index (χ0v) is 19.7. The second-order valence-corrected chi connectivity index (χ2v) is 8.84. The van der Waals surface area contributed by atoms with Gasteiger partial charge in [-0.3, -0.25) is 14.5 Å². The van der Waals surface area contributed by atoms with E-state index in [2.05, 4.69) is 23.8 Å². The van der Waals surface area contributed by atoms with Gasteiger partial charge in [0.25, 0.3) is 5.91 Å². The Kier molecular flexibility index (Phi) is 7.72. The second kappa shape index (κ2) is 10.4. The quantitative estimate of drug-likeness (QED) is 0.517. The van der Waals surface area contributed by atoms with E-state index in [-0.39, 0.29) is 42.4 Å². The van der Waals surface area contributed by atoms with Crippen LogP contribution in [0.15, 0.2) is 60.8 Å². The fourth-order valence-corrected chi connectivity index (χ4v) is 4.44. The lowest BCUT2D eigenvalue weighted by Gasteiger charge is -2.33. The minimum atomic E-state index is -4.69. The van der Waals surface area contributed by atoms with Crippen LogP contribution in [0.5, 0.6) is 0 Å². The lowest BCUT2D eigenvalue weighted by Crippen LogP contribution is -2.49. The van der Waals surface area contributed by atoms with E-state index in [0.717, 1.165) is 6.07 Å². The molecule has 1 aromatic carbocycles. The fourth-order valence-electron chi connectivity index (χ4n) is 4.44. The first-order chi connectivity index (χ1) is 16.5. The van der Waals surface area contributed by atoms with Gasteiger partial charge in [0, 0.05) is 13.1 Å². The third kappa shape index (κ3) is 5.26. The first-order valence-electron chi connectivity index (χ1n) is 11.3. The zero-order chi connectivity index (χ0) is 25.9. The molecule has 2 atom stereocenters. The highest BCUT2D eigenvalue weighted by molar-refractivity contribution is 6.03. The van der Waals surface area contributed by atoms with Gasteiger partial charge in [-0.25, -0.2) is 4.79 Å². The predicted molar refractivity (Wildman–Crippen MR) is 125 cm³/mol. The molecule has 0 radical (unpaired) electrons. The van der Waals surface area contributed by atoms with Crippen molar-refractivity contribution in [2.75, 3.05) is 19.6 Å². The average Bonchev–Trinajstić information content (AvgIpc) is 3.13. The minimum Gasteiger partial charge on any atom is -0.351 e. The third-order valence-corrected chi connectivity index (χ3v) is 5.93. The minimum absolute atomic E-state index is 0.0217. The van der Waals surface area contributed by atoms with Gasteiger partial charge in [-0.1, -0.05) is 44.2 Å². The highest BCUT2D eigenvalue weighted by Crippen LogP contribution is 2.42. The largest absolute Gasteiger partial charge is 0.416 e. The van der Waals surface area contributed by atoms with E-state index in [0.29, 0.717) is 6.42 Å². The van der Waals surface area contributed by atoms with Gasteiger partial charge in [0.2, 0.25) is 5.91 Å². The summed E-state index contributed by atoms with van der Waals surface area (Å²) in [7, 11) is 0. The van der Waals surface area contributed by atoms with Crippen LogP contribution in [-0.4, -0.2) is 53.3 Å². The molecule has 0 saturated heterocycles. The van der Waals surface area contributed by atoms with E-state index < -0.39 is 41.7 Å². The van der Waals surface area contributed by atoms with Gasteiger partial charge >= 0.3 is 12.2 Å². The van der Waals surface area contributed by atoms with E-state index in [1.807, 2.05) is 13.8 Å². The van der Waals surface area contributed by atoms with Crippen LogP contribution >= 0.6 is 0 Å². The van der Waals surface area contributed by atoms with Crippen molar-refractivity contribution in [1.82, 2.24) is 20.4 Å². The summed E-state index contributed by atoms with van der Waals surface area (Å²) in [6.07, 6.45) is -1.38. The zero-order valence-electron chi connectivity index (χ0n) is 19.7. The summed E-state index contributed by atoms with van der Waals surface area (Å²) in [6, 6.07) is 2.02.